The van der Waals surface area contributed by atoms with Gasteiger partial charge >= 0.3 is 6.09 Å². The van der Waals surface area contributed by atoms with Crippen molar-refractivity contribution in [2.75, 3.05) is 41.4 Å². The monoisotopic (exact) mass is 468 g/mol. The Hall–Kier alpha value is -3.66. The molecular formula is C24H25FN4O5. The number of anilines is 3. The quantitative estimate of drug-likeness (QED) is 0.606. The van der Waals surface area contributed by atoms with Crippen LogP contribution in [0.3, 0.4) is 0 Å². The van der Waals surface area contributed by atoms with E-state index in [0.29, 0.717) is 60.9 Å². The summed E-state index contributed by atoms with van der Waals surface area (Å²) in [6.07, 6.45) is 0.0436. The fourth-order valence-electron chi connectivity index (χ4n) is 4.62. The summed E-state index contributed by atoms with van der Waals surface area (Å²) in [7, 11) is 0. The van der Waals surface area contributed by atoms with E-state index in [1.54, 1.807) is 29.2 Å². The van der Waals surface area contributed by atoms with Gasteiger partial charge in [-0.2, -0.15) is 0 Å². The lowest BCUT2D eigenvalue weighted by Crippen LogP contribution is -2.29. The molecule has 2 aromatic rings. The number of cyclic esters (lactones) is 1. The van der Waals surface area contributed by atoms with Gasteiger partial charge in [-0.05, 0) is 49.7 Å². The number of rotatable bonds is 7. The van der Waals surface area contributed by atoms with E-state index >= 15 is 0 Å². The number of hydrogen-bond acceptors (Lipinski definition) is 6. The Balaban J connectivity index is 1.18. The molecular weight excluding hydrogens is 443 g/mol. The molecule has 0 aromatic heterocycles. The Morgan fingerprint density at radius 3 is 2.88 bits per heavy atom. The first-order chi connectivity index (χ1) is 16.4. The van der Waals surface area contributed by atoms with Crippen molar-refractivity contribution < 1.29 is 28.2 Å². The molecule has 3 aliphatic heterocycles. The number of nitrogens with zero attached hydrogens (tertiary/aromatic N) is 2. The highest BCUT2D eigenvalue weighted by Crippen LogP contribution is 2.35. The van der Waals surface area contributed by atoms with Crippen LogP contribution < -0.4 is 25.2 Å². The number of likely N-dealkylation sites (N-methyl/N-ethyl adjacent to an activating group) is 1. The second-order valence-corrected chi connectivity index (χ2v) is 8.45. The van der Waals surface area contributed by atoms with Crippen LogP contribution in [0.25, 0.3) is 0 Å². The Kier molecular flexibility index (Phi) is 5.82. The fraction of sp³-hybridized carbons (Fsp3) is 0.375. The summed E-state index contributed by atoms with van der Waals surface area (Å²) in [6, 6.07) is 8.23. The van der Waals surface area contributed by atoms with Crippen molar-refractivity contribution in [3.63, 3.8) is 0 Å². The molecule has 0 spiro atoms. The van der Waals surface area contributed by atoms with Crippen LogP contribution in [0, 0.1) is 5.82 Å². The molecule has 3 amide bonds. The van der Waals surface area contributed by atoms with Gasteiger partial charge in [-0.25, -0.2) is 9.18 Å². The van der Waals surface area contributed by atoms with Crippen molar-refractivity contribution in [3.05, 3.63) is 47.3 Å². The van der Waals surface area contributed by atoms with Crippen molar-refractivity contribution in [2.24, 2.45) is 0 Å². The molecule has 178 valence electrons. The molecule has 1 unspecified atom stereocenters. The highest BCUT2D eigenvalue weighted by atomic mass is 19.1. The van der Waals surface area contributed by atoms with E-state index in [-0.39, 0.29) is 36.9 Å². The first-order valence-electron chi connectivity index (χ1n) is 11.3. The van der Waals surface area contributed by atoms with E-state index in [0.717, 1.165) is 5.56 Å². The Morgan fingerprint density at radius 2 is 2.06 bits per heavy atom. The SMILES string of the molecule is CCN1C(=O)Cc2ccc(F)c(CNCCC3CN(c4ccc5c(c4)NC(=O)CO5)C(=O)O3)c21. The summed E-state index contributed by atoms with van der Waals surface area (Å²) in [4.78, 5) is 39.3. The van der Waals surface area contributed by atoms with Gasteiger partial charge in [-0.15, -0.1) is 0 Å². The van der Waals surface area contributed by atoms with Crippen LogP contribution in [0.15, 0.2) is 30.3 Å². The van der Waals surface area contributed by atoms with E-state index < -0.39 is 6.09 Å². The van der Waals surface area contributed by atoms with Crippen LogP contribution in [0.5, 0.6) is 5.75 Å². The third-order valence-corrected chi connectivity index (χ3v) is 6.26. The van der Waals surface area contributed by atoms with Gasteiger partial charge in [0.15, 0.2) is 6.61 Å². The van der Waals surface area contributed by atoms with Crippen LogP contribution in [0.2, 0.25) is 0 Å². The smallest absolute Gasteiger partial charge is 0.414 e. The minimum atomic E-state index is -0.461. The maximum absolute atomic E-state index is 14.6. The van der Waals surface area contributed by atoms with Gasteiger partial charge < -0.3 is 25.0 Å². The molecule has 1 saturated heterocycles. The summed E-state index contributed by atoms with van der Waals surface area (Å²) >= 11 is 0. The van der Waals surface area contributed by atoms with Gasteiger partial charge in [-0.3, -0.25) is 14.5 Å². The van der Waals surface area contributed by atoms with Gasteiger partial charge in [-0.1, -0.05) is 6.07 Å². The van der Waals surface area contributed by atoms with Crippen molar-refractivity contribution >= 4 is 35.0 Å². The van der Waals surface area contributed by atoms with E-state index in [4.69, 9.17) is 9.47 Å². The molecule has 10 heteroatoms. The van der Waals surface area contributed by atoms with E-state index in [9.17, 15) is 18.8 Å². The first-order valence-corrected chi connectivity index (χ1v) is 11.3. The number of nitrogens with one attached hydrogen (secondary N) is 2. The van der Waals surface area contributed by atoms with E-state index in [2.05, 4.69) is 10.6 Å². The second-order valence-electron chi connectivity index (χ2n) is 8.45. The Morgan fingerprint density at radius 1 is 1.21 bits per heavy atom. The third-order valence-electron chi connectivity index (χ3n) is 6.26. The number of ether oxygens (including phenoxy) is 2. The maximum Gasteiger partial charge on any atom is 0.414 e. The molecule has 0 bridgehead atoms. The zero-order valence-electron chi connectivity index (χ0n) is 18.7. The highest BCUT2D eigenvalue weighted by Gasteiger charge is 2.33. The number of benzene rings is 2. The zero-order valence-corrected chi connectivity index (χ0v) is 18.7. The van der Waals surface area contributed by atoms with Crippen LogP contribution >= 0.6 is 0 Å². The third kappa shape index (κ3) is 4.05. The van der Waals surface area contributed by atoms with Gasteiger partial charge in [0.1, 0.15) is 17.7 Å². The summed E-state index contributed by atoms with van der Waals surface area (Å²) < 4.78 is 25.4. The summed E-state index contributed by atoms with van der Waals surface area (Å²) in [5, 5.41) is 5.95. The lowest BCUT2D eigenvalue weighted by atomic mass is 10.1. The average molecular weight is 468 g/mol. The molecule has 2 N–H and O–H groups in total. The molecule has 1 atom stereocenters. The molecule has 1 fully saturated rings. The Labute approximate surface area is 195 Å². The fourth-order valence-corrected chi connectivity index (χ4v) is 4.62. The van der Waals surface area contributed by atoms with E-state index in [1.165, 1.54) is 11.0 Å². The molecule has 3 heterocycles. The number of carbonyl (C=O) groups excluding carboxylic acids is 3. The van der Waals surface area contributed by atoms with Gasteiger partial charge in [0.05, 0.1) is 24.3 Å². The minimum Gasteiger partial charge on any atom is -0.482 e. The molecule has 2 aromatic carbocycles. The lowest BCUT2D eigenvalue weighted by molar-refractivity contribution is -0.119. The first kappa shape index (κ1) is 22.1. The maximum atomic E-state index is 14.6. The summed E-state index contributed by atoms with van der Waals surface area (Å²) in [6.45, 7) is 3.47. The standard InChI is InChI=1S/C24H25FN4O5/c1-2-28-22(31)9-14-3-5-18(25)17(23(14)28)11-26-8-7-16-12-29(24(32)34-16)15-4-6-20-19(10-15)27-21(30)13-33-20/h3-6,10,16,26H,2,7-9,11-13H2,1H3,(H,27,30). The van der Waals surface area contributed by atoms with Crippen molar-refractivity contribution in [2.45, 2.75) is 32.4 Å². The summed E-state index contributed by atoms with van der Waals surface area (Å²) in [5.74, 6) is -0.0545. The van der Waals surface area contributed by atoms with Gasteiger partial charge in [0, 0.05) is 24.3 Å². The molecule has 3 aliphatic rings. The molecule has 9 nitrogen and oxygen atoms in total. The Bertz CT molecular complexity index is 1170. The lowest BCUT2D eigenvalue weighted by Gasteiger charge is -2.20. The number of amides is 3. The van der Waals surface area contributed by atoms with Crippen molar-refractivity contribution in [1.29, 1.82) is 0 Å². The zero-order chi connectivity index (χ0) is 23.8. The number of fused-ring (bicyclic) bond motifs is 2. The minimum absolute atomic E-state index is 0.0179. The normalized spacial score (nSPS) is 19.0. The largest absolute Gasteiger partial charge is 0.482 e. The van der Waals surface area contributed by atoms with Crippen LogP contribution in [-0.4, -0.2) is 50.3 Å². The molecule has 0 saturated carbocycles. The number of hydrogen-bond donors (Lipinski definition) is 2. The highest BCUT2D eigenvalue weighted by molar-refractivity contribution is 6.02. The predicted molar refractivity (Wildman–Crippen MR) is 123 cm³/mol. The molecule has 0 aliphatic carbocycles. The second kappa shape index (κ2) is 8.94. The predicted octanol–water partition coefficient (Wildman–Crippen LogP) is 2.57. The average Bonchev–Trinajstić information content (AvgIpc) is 3.35. The summed E-state index contributed by atoms with van der Waals surface area (Å²) in [5.41, 5.74) is 3.12. The molecule has 5 rings (SSSR count). The number of halogens is 1. The van der Waals surface area contributed by atoms with Gasteiger partial charge in [0.25, 0.3) is 5.91 Å². The van der Waals surface area contributed by atoms with Crippen molar-refractivity contribution in [1.82, 2.24) is 5.32 Å². The van der Waals surface area contributed by atoms with E-state index in [1.807, 2.05) is 6.92 Å². The molecule has 34 heavy (non-hydrogen) atoms. The van der Waals surface area contributed by atoms with Crippen LogP contribution in [0.1, 0.15) is 24.5 Å². The molecule has 0 radical (unpaired) electrons. The topological polar surface area (TPSA) is 100 Å². The van der Waals surface area contributed by atoms with Crippen molar-refractivity contribution in [3.8, 4) is 5.75 Å². The van der Waals surface area contributed by atoms with Crippen LogP contribution in [0.4, 0.5) is 26.2 Å². The van der Waals surface area contributed by atoms with Crippen LogP contribution in [-0.2, 0) is 27.3 Å². The van der Waals surface area contributed by atoms with Gasteiger partial charge in [0.2, 0.25) is 5.91 Å². The number of carbonyl (C=O) groups is 3.